The van der Waals surface area contributed by atoms with Crippen LogP contribution in [0.4, 0.5) is 14.9 Å². The van der Waals surface area contributed by atoms with E-state index in [4.69, 9.17) is 4.74 Å². The standard InChI is InChI=1S/C16H21FN4O2/c1-4-13(15-8-9-18-21(15)3)19-16(22)20-14-7-6-11(23-5-2)10-12(14)17/h6-10,13H,4-5H2,1-3H3,(H2,19,20,22)/t13-/m1/s1. The van der Waals surface area contributed by atoms with Crippen molar-refractivity contribution in [3.63, 3.8) is 0 Å². The van der Waals surface area contributed by atoms with E-state index in [9.17, 15) is 9.18 Å². The van der Waals surface area contributed by atoms with Crippen molar-refractivity contribution in [1.29, 1.82) is 0 Å². The first kappa shape index (κ1) is 16.8. The molecule has 1 heterocycles. The summed E-state index contributed by atoms with van der Waals surface area (Å²) in [6, 6.07) is 5.50. The van der Waals surface area contributed by atoms with Crippen molar-refractivity contribution in [2.24, 2.45) is 7.05 Å². The van der Waals surface area contributed by atoms with E-state index < -0.39 is 11.8 Å². The van der Waals surface area contributed by atoms with Crippen molar-refractivity contribution < 1.29 is 13.9 Å². The summed E-state index contributed by atoms with van der Waals surface area (Å²) in [4.78, 5) is 12.1. The van der Waals surface area contributed by atoms with Gasteiger partial charge in [0.15, 0.2) is 0 Å². The molecule has 0 radical (unpaired) electrons. The zero-order valence-electron chi connectivity index (χ0n) is 13.5. The molecule has 23 heavy (non-hydrogen) atoms. The summed E-state index contributed by atoms with van der Waals surface area (Å²) in [6.45, 7) is 4.23. The number of aromatic nitrogens is 2. The van der Waals surface area contributed by atoms with Gasteiger partial charge in [0.2, 0.25) is 0 Å². The third-order valence-corrected chi connectivity index (χ3v) is 3.43. The predicted octanol–water partition coefficient (Wildman–Crippen LogP) is 3.23. The second-order valence-corrected chi connectivity index (χ2v) is 5.01. The van der Waals surface area contributed by atoms with Gasteiger partial charge < -0.3 is 15.4 Å². The minimum atomic E-state index is -0.542. The zero-order chi connectivity index (χ0) is 16.8. The molecule has 1 aromatic carbocycles. The van der Waals surface area contributed by atoms with E-state index in [0.717, 1.165) is 5.69 Å². The summed E-state index contributed by atoms with van der Waals surface area (Å²) < 4.78 is 20.9. The number of aryl methyl sites for hydroxylation is 1. The average Bonchev–Trinajstić information content (AvgIpc) is 2.94. The lowest BCUT2D eigenvalue weighted by atomic mass is 10.1. The summed E-state index contributed by atoms with van der Waals surface area (Å²) in [5, 5.41) is 9.42. The normalized spacial score (nSPS) is 11.8. The lowest BCUT2D eigenvalue weighted by molar-refractivity contribution is 0.247. The van der Waals surface area contributed by atoms with Gasteiger partial charge in [-0.05, 0) is 31.5 Å². The number of amides is 2. The van der Waals surface area contributed by atoms with Crippen LogP contribution in [0.5, 0.6) is 5.75 Å². The Balaban J connectivity index is 2.03. The van der Waals surface area contributed by atoms with Gasteiger partial charge >= 0.3 is 6.03 Å². The van der Waals surface area contributed by atoms with E-state index in [1.165, 1.54) is 12.1 Å². The molecule has 7 heteroatoms. The fourth-order valence-corrected chi connectivity index (χ4v) is 2.28. The fraction of sp³-hybridized carbons (Fsp3) is 0.375. The van der Waals surface area contributed by atoms with Crippen LogP contribution in [-0.4, -0.2) is 22.4 Å². The molecule has 124 valence electrons. The quantitative estimate of drug-likeness (QED) is 0.858. The van der Waals surface area contributed by atoms with E-state index in [2.05, 4.69) is 15.7 Å². The maximum atomic E-state index is 14.0. The molecule has 0 saturated carbocycles. The van der Waals surface area contributed by atoms with Crippen LogP contribution >= 0.6 is 0 Å². The molecular weight excluding hydrogens is 299 g/mol. The molecule has 0 unspecified atom stereocenters. The molecule has 2 aromatic rings. The van der Waals surface area contributed by atoms with Gasteiger partial charge in [0, 0.05) is 19.3 Å². The number of rotatable bonds is 6. The first-order valence-electron chi connectivity index (χ1n) is 7.52. The molecule has 2 amide bonds. The molecule has 6 nitrogen and oxygen atoms in total. The Hall–Kier alpha value is -2.57. The van der Waals surface area contributed by atoms with Crippen LogP contribution in [0.15, 0.2) is 30.5 Å². The SMILES string of the molecule is CCOc1ccc(NC(=O)N[C@H](CC)c2ccnn2C)c(F)c1. The number of hydrogen-bond donors (Lipinski definition) is 2. The van der Waals surface area contributed by atoms with Crippen LogP contribution in [0.25, 0.3) is 0 Å². The van der Waals surface area contributed by atoms with E-state index in [1.807, 2.05) is 27.0 Å². The van der Waals surface area contributed by atoms with Crippen LogP contribution in [0.3, 0.4) is 0 Å². The van der Waals surface area contributed by atoms with Crippen molar-refractivity contribution in [3.05, 3.63) is 42.0 Å². The summed E-state index contributed by atoms with van der Waals surface area (Å²) in [5.74, 6) is -0.114. The molecular formula is C16H21FN4O2. The van der Waals surface area contributed by atoms with Gasteiger partial charge in [-0.2, -0.15) is 5.10 Å². The number of anilines is 1. The summed E-state index contributed by atoms with van der Waals surface area (Å²) in [5.41, 5.74) is 0.987. The maximum Gasteiger partial charge on any atom is 0.319 e. The summed E-state index contributed by atoms with van der Waals surface area (Å²) in [7, 11) is 1.81. The number of carbonyl (C=O) groups excluding carboxylic acids is 1. The zero-order valence-corrected chi connectivity index (χ0v) is 13.5. The minimum absolute atomic E-state index is 0.103. The van der Waals surface area contributed by atoms with Crippen molar-refractivity contribution in [1.82, 2.24) is 15.1 Å². The highest BCUT2D eigenvalue weighted by atomic mass is 19.1. The molecule has 1 atom stereocenters. The van der Waals surface area contributed by atoms with Gasteiger partial charge in [-0.25, -0.2) is 9.18 Å². The largest absolute Gasteiger partial charge is 0.494 e. The topological polar surface area (TPSA) is 68.2 Å². The predicted molar refractivity (Wildman–Crippen MR) is 86.0 cm³/mol. The lowest BCUT2D eigenvalue weighted by Crippen LogP contribution is -2.33. The first-order valence-corrected chi connectivity index (χ1v) is 7.52. The number of urea groups is 1. The summed E-state index contributed by atoms with van der Waals surface area (Å²) >= 11 is 0. The third kappa shape index (κ3) is 4.21. The monoisotopic (exact) mass is 320 g/mol. The Morgan fingerprint density at radius 2 is 2.17 bits per heavy atom. The second-order valence-electron chi connectivity index (χ2n) is 5.01. The van der Waals surface area contributed by atoms with Crippen LogP contribution in [0.1, 0.15) is 32.0 Å². The number of ether oxygens (including phenoxy) is 1. The van der Waals surface area contributed by atoms with Gasteiger partial charge in [0.1, 0.15) is 11.6 Å². The third-order valence-electron chi connectivity index (χ3n) is 3.43. The maximum absolute atomic E-state index is 14.0. The van der Waals surface area contributed by atoms with E-state index in [1.54, 1.807) is 16.9 Å². The van der Waals surface area contributed by atoms with Gasteiger partial charge in [-0.1, -0.05) is 6.92 Å². The number of carbonyl (C=O) groups is 1. The lowest BCUT2D eigenvalue weighted by Gasteiger charge is -2.18. The molecule has 0 aliphatic rings. The number of halogens is 1. The van der Waals surface area contributed by atoms with E-state index in [-0.39, 0.29) is 11.7 Å². The Labute approximate surface area is 134 Å². The van der Waals surface area contributed by atoms with Crippen molar-refractivity contribution >= 4 is 11.7 Å². The Kier molecular flexibility index (Phi) is 5.56. The number of benzene rings is 1. The highest BCUT2D eigenvalue weighted by molar-refractivity contribution is 5.89. The summed E-state index contributed by atoms with van der Waals surface area (Å²) in [6.07, 6.45) is 2.36. The Bertz CT molecular complexity index is 672. The van der Waals surface area contributed by atoms with Crippen LogP contribution in [0.2, 0.25) is 0 Å². The van der Waals surface area contributed by atoms with Crippen LogP contribution in [-0.2, 0) is 7.05 Å². The molecule has 2 rings (SSSR count). The van der Waals surface area contributed by atoms with Gasteiger partial charge in [-0.3, -0.25) is 4.68 Å². The smallest absolute Gasteiger partial charge is 0.319 e. The molecule has 0 bridgehead atoms. The molecule has 0 fully saturated rings. The van der Waals surface area contributed by atoms with Crippen molar-refractivity contribution in [2.45, 2.75) is 26.3 Å². The minimum Gasteiger partial charge on any atom is -0.494 e. The number of hydrogen-bond acceptors (Lipinski definition) is 3. The molecule has 0 aliphatic carbocycles. The van der Waals surface area contributed by atoms with E-state index in [0.29, 0.717) is 18.8 Å². The van der Waals surface area contributed by atoms with Crippen molar-refractivity contribution in [2.75, 3.05) is 11.9 Å². The fourth-order valence-electron chi connectivity index (χ4n) is 2.28. The molecule has 0 spiro atoms. The Morgan fingerprint density at radius 1 is 1.39 bits per heavy atom. The number of nitrogens with one attached hydrogen (secondary N) is 2. The second kappa shape index (κ2) is 7.62. The van der Waals surface area contributed by atoms with Gasteiger partial charge in [0.25, 0.3) is 0 Å². The first-order chi connectivity index (χ1) is 11.0. The Morgan fingerprint density at radius 3 is 2.74 bits per heavy atom. The van der Waals surface area contributed by atoms with Gasteiger partial charge in [-0.15, -0.1) is 0 Å². The van der Waals surface area contributed by atoms with Crippen LogP contribution < -0.4 is 15.4 Å². The highest BCUT2D eigenvalue weighted by Gasteiger charge is 2.16. The van der Waals surface area contributed by atoms with E-state index >= 15 is 0 Å². The molecule has 1 aromatic heterocycles. The highest BCUT2D eigenvalue weighted by Crippen LogP contribution is 2.21. The van der Waals surface area contributed by atoms with Gasteiger partial charge in [0.05, 0.1) is 24.0 Å². The van der Waals surface area contributed by atoms with Crippen LogP contribution in [0, 0.1) is 5.82 Å². The molecule has 2 N–H and O–H groups in total. The molecule has 0 aliphatic heterocycles. The van der Waals surface area contributed by atoms with Crippen molar-refractivity contribution in [3.8, 4) is 5.75 Å². The molecule has 0 saturated heterocycles. The average molecular weight is 320 g/mol. The number of nitrogens with zero attached hydrogens (tertiary/aromatic N) is 2.